The van der Waals surface area contributed by atoms with Crippen molar-refractivity contribution in [3.63, 3.8) is 0 Å². The second-order valence-electron chi connectivity index (χ2n) is 8.62. The zero-order valence-electron chi connectivity index (χ0n) is 17.3. The van der Waals surface area contributed by atoms with Gasteiger partial charge in [-0.15, -0.1) is 0 Å². The van der Waals surface area contributed by atoms with Gasteiger partial charge in [0.15, 0.2) is 5.82 Å². The van der Waals surface area contributed by atoms with E-state index in [2.05, 4.69) is 19.9 Å². The summed E-state index contributed by atoms with van der Waals surface area (Å²) in [7, 11) is 0. The molecule has 1 saturated heterocycles. The maximum atomic E-state index is 13.3. The predicted octanol–water partition coefficient (Wildman–Crippen LogP) is 5.45. The summed E-state index contributed by atoms with van der Waals surface area (Å²) in [4.78, 5) is 22.9. The van der Waals surface area contributed by atoms with Crippen LogP contribution in [0.1, 0.15) is 49.3 Å². The van der Waals surface area contributed by atoms with Crippen LogP contribution in [-0.4, -0.2) is 38.0 Å². The fraction of sp³-hybridized carbons (Fsp3) is 0.391. The van der Waals surface area contributed by atoms with Crippen LogP contribution in [0, 0.1) is 0 Å². The molecule has 0 aromatic carbocycles. The lowest BCUT2D eigenvalue weighted by Crippen LogP contribution is -2.30. The number of H-pyrrole nitrogens is 1. The first-order valence-electron chi connectivity index (χ1n) is 10.9. The summed E-state index contributed by atoms with van der Waals surface area (Å²) >= 11 is 0. The molecule has 1 aliphatic heterocycles. The minimum atomic E-state index is -4.48. The van der Waals surface area contributed by atoms with Crippen molar-refractivity contribution < 1.29 is 13.2 Å². The largest absolute Gasteiger partial charge is 0.431 e. The molecular weight excluding hydrogens is 417 g/mol. The highest BCUT2D eigenvalue weighted by atomic mass is 19.4. The van der Waals surface area contributed by atoms with Crippen LogP contribution >= 0.6 is 0 Å². The maximum Gasteiger partial charge on any atom is 0.431 e. The summed E-state index contributed by atoms with van der Waals surface area (Å²) in [6, 6.07) is 2.76. The van der Waals surface area contributed by atoms with Gasteiger partial charge in [-0.05, 0) is 55.7 Å². The van der Waals surface area contributed by atoms with Crippen LogP contribution in [0.25, 0.3) is 33.3 Å². The number of rotatable bonds is 3. The van der Waals surface area contributed by atoms with Gasteiger partial charge >= 0.3 is 6.18 Å². The minimum absolute atomic E-state index is 0.169. The molecule has 164 valence electrons. The van der Waals surface area contributed by atoms with Gasteiger partial charge in [-0.1, -0.05) is 0 Å². The summed E-state index contributed by atoms with van der Waals surface area (Å²) < 4.78 is 39.9. The maximum absolute atomic E-state index is 13.3. The van der Waals surface area contributed by atoms with E-state index < -0.39 is 11.9 Å². The molecule has 32 heavy (non-hydrogen) atoms. The fourth-order valence-corrected chi connectivity index (χ4v) is 4.62. The topological polar surface area (TPSA) is 70.6 Å². The molecule has 1 saturated carbocycles. The van der Waals surface area contributed by atoms with Crippen LogP contribution in [0.4, 0.5) is 19.0 Å². The number of aromatic nitrogens is 5. The third-order valence-electron chi connectivity index (χ3n) is 6.37. The Hall–Kier alpha value is -3.23. The SMILES string of the molecule is FC(F)(F)c1cc2c(-c3nc(N4CCCCC4)c4c(C5CC5)cncc4n3)ccnc2[nH]1. The molecule has 9 heteroatoms. The van der Waals surface area contributed by atoms with Crippen LogP contribution < -0.4 is 4.90 Å². The number of alkyl halides is 3. The molecule has 1 N–H and O–H groups in total. The first-order valence-corrected chi connectivity index (χ1v) is 10.9. The summed E-state index contributed by atoms with van der Waals surface area (Å²) in [6.45, 7) is 1.82. The summed E-state index contributed by atoms with van der Waals surface area (Å²) in [5, 5.41) is 1.39. The molecular formula is C23H21F3N6. The molecule has 0 amide bonds. The highest BCUT2D eigenvalue weighted by Gasteiger charge is 2.34. The van der Waals surface area contributed by atoms with Crippen LogP contribution in [0.15, 0.2) is 30.7 Å². The molecule has 0 atom stereocenters. The Morgan fingerprint density at radius 1 is 1.03 bits per heavy atom. The summed E-state index contributed by atoms with van der Waals surface area (Å²) in [6.07, 6.45) is 6.31. The van der Waals surface area contributed by atoms with Crippen molar-refractivity contribution in [2.24, 2.45) is 0 Å². The van der Waals surface area contributed by atoms with Crippen LogP contribution in [0.5, 0.6) is 0 Å². The molecule has 6 rings (SSSR count). The Kier molecular flexibility index (Phi) is 4.34. The van der Waals surface area contributed by atoms with E-state index in [1.54, 1.807) is 12.3 Å². The van der Waals surface area contributed by atoms with Crippen molar-refractivity contribution in [1.29, 1.82) is 0 Å². The van der Waals surface area contributed by atoms with E-state index in [4.69, 9.17) is 9.97 Å². The third-order valence-corrected chi connectivity index (χ3v) is 6.37. The molecule has 5 heterocycles. The number of hydrogen-bond donors (Lipinski definition) is 1. The van der Waals surface area contributed by atoms with E-state index in [0.717, 1.165) is 61.6 Å². The number of nitrogens with zero attached hydrogens (tertiary/aromatic N) is 5. The number of piperidine rings is 1. The average Bonchev–Trinajstić information content (AvgIpc) is 3.54. The second kappa shape index (κ2) is 7.15. The van der Waals surface area contributed by atoms with Crippen molar-refractivity contribution in [3.8, 4) is 11.4 Å². The molecule has 6 nitrogen and oxygen atoms in total. The zero-order chi connectivity index (χ0) is 21.9. The molecule has 4 aromatic heterocycles. The van der Waals surface area contributed by atoms with Crippen molar-refractivity contribution >= 4 is 27.8 Å². The highest BCUT2D eigenvalue weighted by Crippen LogP contribution is 2.45. The van der Waals surface area contributed by atoms with E-state index in [-0.39, 0.29) is 5.65 Å². The van der Waals surface area contributed by atoms with Crippen molar-refractivity contribution in [1.82, 2.24) is 24.9 Å². The van der Waals surface area contributed by atoms with Crippen LogP contribution in [0.3, 0.4) is 0 Å². The molecule has 2 fully saturated rings. The molecule has 0 spiro atoms. The van der Waals surface area contributed by atoms with Gasteiger partial charge < -0.3 is 9.88 Å². The molecule has 2 aliphatic rings. The molecule has 0 unspecified atom stereocenters. The number of nitrogens with one attached hydrogen (secondary N) is 1. The molecule has 4 aromatic rings. The van der Waals surface area contributed by atoms with Crippen molar-refractivity contribution in [3.05, 3.63) is 42.0 Å². The van der Waals surface area contributed by atoms with Gasteiger partial charge in [-0.25, -0.2) is 15.0 Å². The number of aromatic amines is 1. The predicted molar refractivity (Wildman–Crippen MR) is 115 cm³/mol. The van der Waals surface area contributed by atoms with E-state index >= 15 is 0 Å². The van der Waals surface area contributed by atoms with Gasteiger partial charge in [0.2, 0.25) is 0 Å². The van der Waals surface area contributed by atoms with Crippen molar-refractivity contribution in [2.45, 2.75) is 44.2 Å². The number of halogens is 3. The lowest BCUT2D eigenvalue weighted by Gasteiger charge is -2.29. The lowest BCUT2D eigenvalue weighted by molar-refractivity contribution is -0.140. The fourth-order valence-electron chi connectivity index (χ4n) is 4.62. The monoisotopic (exact) mass is 438 g/mol. The lowest BCUT2D eigenvalue weighted by atomic mass is 10.0. The summed E-state index contributed by atoms with van der Waals surface area (Å²) in [5.41, 5.74) is 1.77. The Balaban J connectivity index is 1.58. The van der Waals surface area contributed by atoms with Gasteiger partial charge in [0.1, 0.15) is 17.2 Å². The van der Waals surface area contributed by atoms with Crippen molar-refractivity contribution in [2.75, 3.05) is 18.0 Å². The Morgan fingerprint density at radius 3 is 2.59 bits per heavy atom. The number of pyridine rings is 2. The third kappa shape index (κ3) is 3.27. The number of hydrogen-bond acceptors (Lipinski definition) is 5. The normalized spacial score (nSPS) is 17.4. The average molecular weight is 438 g/mol. The van der Waals surface area contributed by atoms with Gasteiger partial charge in [0, 0.05) is 41.8 Å². The van der Waals surface area contributed by atoms with E-state index in [9.17, 15) is 13.2 Å². The van der Waals surface area contributed by atoms with Crippen LogP contribution in [-0.2, 0) is 6.18 Å². The first-order chi connectivity index (χ1) is 15.5. The zero-order valence-corrected chi connectivity index (χ0v) is 17.3. The molecule has 0 bridgehead atoms. The Morgan fingerprint density at radius 2 is 1.84 bits per heavy atom. The van der Waals surface area contributed by atoms with E-state index in [1.165, 1.54) is 18.2 Å². The number of fused-ring (bicyclic) bond motifs is 2. The van der Waals surface area contributed by atoms with Gasteiger partial charge in [0.05, 0.1) is 11.7 Å². The number of anilines is 1. The van der Waals surface area contributed by atoms with Gasteiger partial charge in [-0.3, -0.25) is 4.98 Å². The van der Waals surface area contributed by atoms with Gasteiger partial charge in [-0.2, -0.15) is 13.2 Å². The van der Waals surface area contributed by atoms with Crippen LogP contribution in [0.2, 0.25) is 0 Å². The molecule has 0 radical (unpaired) electrons. The minimum Gasteiger partial charge on any atom is -0.356 e. The van der Waals surface area contributed by atoms with E-state index in [0.29, 0.717) is 22.7 Å². The first kappa shape index (κ1) is 19.5. The van der Waals surface area contributed by atoms with E-state index in [1.807, 2.05) is 6.20 Å². The highest BCUT2D eigenvalue weighted by molar-refractivity contribution is 5.97. The standard InChI is InChI=1S/C23H21F3N6/c24-23(25,26)18-10-15-14(6-7-28-20(15)30-18)21-29-17-12-27-11-16(13-4-5-13)19(17)22(31-21)32-8-2-1-3-9-32/h6-7,10-13H,1-5,8-9H2,(H,28,30). The summed E-state index contributed by atoms with van der Waals surface area (Å²) in [5.74, 6) is 1.74. The molecule has 1 aliphatic carbocycles. The van der Waals surface area contributed by atoms with Gasteiger partial charge in [0.25, 0.3) is 0 Å². The second-order valence-corrected chi connectivity index (χ2v) is 8.62. The smallest absolute Gasteiger partial charge is 0.356 e. The Bertz CT molecular complexity index is 1320. The quantitative estimate of drug-likeness (QED) is 0.460. The Labute approximate surface area is 181 Å².